The Kier molecular flexibility index (Phi) is 4.41. The number of amides is 2. The van der Waals surface area contributed by atoms with Gasteiger partial charge in [-0.05, 0) is 43.4 Å². The van der Waals surface area contributed by atoms with Crippen molar-refractivity contribution in [1.82, 2.24) is 9.80 Å². The van der Waals surface area contributed by atoms with Gasteiger partial charge in [0.2, 0.25) is 11.8 Å². The second kappa shape index (κ2) is 6.60. The zero-order valence-electron chi connectivity index (χ0n) is 15.7. The molecule has 0 spiro atoms. The van der Waals surface area contributed by atoms with Crippen LogP contribution in [0.2, 0.25) is 0 Å². The standard InChI is InChI=1S/C21H28N2O3/c1-22-17-8-5-15(19(22)24)13-23(14-17)20(25)21(11-3-4-12-21)16-6-9-18(26-2)10-7-16/h6-7,9-10,15,17H,3-5,8,11-14H2,1-2H3/t15-,17+/m0/s1. The van der Waals surface area contributed by atoms with Crippen molar-refractivity contribution in [2.45, 2.75) is 50.0 Å². The molecule has 1 saturated carbocycles. The SMILES string of the molecule is COc1ccc(C2(C(=O)N3C[C@@H]4CC[C@H](C3)N(C)C4=O)CCCC2)cc1. The number of rotatable bonds is 3. The van der Waals surface area contributed by atoms with Gasteiger partial charge in [-0.2, -0.15) is 0 Å². The van der Waals surface area contributed by atoms with Crippen LogP contribution in [0.3, 0.4) is 0 Å². The number of carbonyl (C=O) groups excluding carboxylic acids is 2. The number of carbonyl (C=O) groups is 2. The number of piperidine rings is 1. The molecule has 5 rings (SSSR count). The van der Waals surface area contributed by atoms with Gasteiger partial charge in [0, 0.05) is 26.2 Å². The van der Waals surface area contributed by atoms with Gasteiger partial charge in [0.15, 0.2) is 0 Å². The van der Waals surface area contributed by atoms with E-state index in [2.05, 4.69) is 0 Å². The van der Waals surface area contributed by atoms with E-state index in [1.807, 2.05) is 41.1 Å². The van der Waals surface area contributed by atoms with Crippen LogP contribution in [0.15, 0.2) is 24.3 Å². The van der Waals surface area contributed by atoms with Crippen molar-refractivity contribution in [3.63, 3.8) is 0 Å². The van der Waals surface area contributed by atoms with Crippen molar-refractivity contribution < 1.29 is 14.3 Å². The average molecular weight is 356 g/mol. The zero-order valence-corrected chi connectivity index (χ0v) is 15.7. The van der Waals surface area contributed by atoms with E-state index in [9.17, 15) is 9.59 Å². The van der Waals surface area contributed by atoms with Crippen LogP contribution >= 0.6 is 0 Å². The summed E-state index contributed by atoms with van der Waals surface area (Å²) in [6.45, 7) is 1.26. The maximum atomic E-state index is 13.7. The first-order chi connectivity index (χ1) is 12.5. The van der Waals surface area contributed by atoms with Gasteiger partial charge >= 0.3 is 0 Å². The molecule has 3 heterocycles. The van der Waals surface area contributed by atoms with E-state index in [0.717, 1.165) is 49.8 Å². The van der Waals surface area contributed by atoms with E-state index in [1.165, 1.54) is 0 Å². The van der Waals surface area contributed by atoms with Crippen molar-refractivity contribution in [2.75, 3.05) is 27.2 Å². The van der Waals surface area contributed by atoms with E-state index >= 15 is 0 Å². The summed E-state index contributed by atoms with van der Waals surface area (Å²) in [6, 6.07) is 8.16. The van der Waals surface area contributed by atoms with E-state index in [1.54, 1.807) is 7.11 Å². The largest absolute Gasteiger partial charge is 0.497 e. The Morgan fingerprint density at radius 3 is 2.46 bits per heavy atom. The molecule has 1 aliphatic carbocycles. The number of fused-ring (bicyclic) bond motifs is 4. The molecule has 4 fully saturated rings. The molecule has 5 nitrogen and oxygen atoms in total. The van der Waals surface area contributed by atoms with Gasteiger partial charge in [0.05, 0.1) is 18.4 Å². The predicted octanol–water partition coefficient (Wildman–Crippen LogP) is 2.59. The Morgan fingerprint density at radius 1 is 1.12 bits per heavy atom. The van der Waals surface area contributed by atoms with E-state index in [0.29, 0.717) is 13.1 Å². The van der Waals surface area contributed by atoms with Crippen molar-refractivity contribution in [3.05, 3.63) is 29.8 Å². The molecule has 2 atom stereocenters. The summed E-state index contributed by atoms with van der Waals surface area (Å²) in [5.41, 5.74) is 0.662. The Hall–Kier alpha value is -2.04. The second-order valence-corrected chi connectivity index (χ2v) is 8.11. The van der Waals surface area contributed by atoms with Crippen molar-refractivity contribution in [3.8, 4) is 5.75 Å². The molecular formula is C21H28N2O3. The second-order valence-electron chi connectivity index (χ2n) is 8.11. The van der Waals surface area contributed by atoms with Crippen LogP contribution in [0.5, 0.6) is 5.75 Å². The Bertz CT molecular complexity index is 694. The first kappa shape index (κ1) is 17.4. The topological polar surface area (TPSA) is 49.9 Å². The fourth-order valence-electron chi connectivity index (χ4n) is 5.14. The highest BCUT2D eigenvalue weighted by Crippen LogP contribution is 2.44. The minimum Gasteiger partial charge on any atom is -0.497 e. The van der Waals surface area contributed by atoms with Crippen LogP contribution in [0.25, 0.3) is 0 Å². The molecule has 0 radical (unpaired) electrons. The number of hydrogen-bond donors (Lipinski definition) is 0. The van der Waals surface area contributed by atoms with E-state index < -0.39 is 5.41 Å². The molecule has 4 aliphatic rings. The van der Waals surface area contributed by atoms with Crippen LogP contribution in [0.1, 0.15) is 44.1 Å². The lowest BCUT2D eigenvalue weighted by molar-refractivity contribution is -0.138. The molecule has 5 heteroatoms. The summed E-state index contributed by atoms with van der Waals surface area (Å²) in [7, 11) is 3.55. The minimum atomic E-state index is -0.433. The monoisotopic (exact) mass is 356 g/mol. The highest BCUT2D eigenvalue weighted by molar-refractivity contribution is 5.90. The summed E-state index contributed by atoms with van der Waals surface area (Å²) in [6.07, 6.45) is 5.87. The third-order valence-electron chi connectivity index (χ3n) is 6.76. The highest BCUT2D eigenvalue weighted by atomic mass is 16.5. The van der Waals surface area contributed by atoms with Gasteiger partial charge in [-0.25, -0.2) is 0 Å². The van der Waals surface area contributed by atoms with Gasteiger partial charge in [0.25, 0.3) is 0 Å². The molecule has 3 saturated heterocycles. The number of ether oxygens (including phenoxy) is 1. The lowest BCUT2D eigenvalue weighted by atomic mass is 9.77. The van der Waals surface area contributed by atoms with Crippen LogP contribution in [-0.4, -0.2) is 54.9 Å². The molecule has 26 heavy (non-hydrogen) atoms. The van der Waals surface area contributed by atoms with Gasteiger partial charge in [-0.3, -0.25) is 9.59 Å². The number of hydrogen-bond acceptors (Lipinski definition) is 3. The van der Waals surface area contributed by atoms with Crippen molar-refractivity contribution in [1.29, 1.82) is 0 Å². The smallest absolute Gasteiger partial charge is 0.233 e. The van der Waals surface area contributed by atoms with Gasteiger partial charge < -0.3 is 14.5 Å². The lowest BCUT2D eigenvalue weighted by Crippen LogP contribution is -2.48. The fourth-order valence-corrected chi connectivity index (χ4v) is 5.14. The average Bonchev–Trinajstić information content (AvgIpc) is 3.02. The summed E-state index contributed by atoms with van der Waals surface area (Å²) in [5.74, 6) is 1.22. The number of likely N-dealkylation sites (N-methyl/N-ethyl adjacent to an activating group) is 1. The molecule has 0 N–H and O–H groups in total. The van der Waals surface area contributed by atoms with Crippen LogP contribution in [0, 0.1) is 5.92 Å². The maximum Gasteiger partial charge on any atom is 0.233 e. The molecular weight excluding hydrogens is 328 g/mol. The molecule has 2 amide bonds. The summed E-state index contributed by atoms with van der Waals surface area (Å²) < 4.78 is 5.28. The van der Waals surface area contributed by atoms with E-state index in [4.69, 9.17) is 4.74 Å². The number of methoxy groups -OCH3 is 1. The van der Waals surface area contributed by atoms with Gasteiger partial charge in [-0.15, -0.1) is 0 Å². The summed E-state index contributed by atoms with van der Waals surface area (Å²) >= 11 is 0. The van der Waals surface area contributed by atoms with Gasteiger partial charge in [-0.1, -0.05) is 25.0 Å². The first-order valence-corrected chi connectivity index (χ1v) is 9.76. The minimum absolute atomic E-state index is 0.0305. The van der Waals surface area contributed by atoms with Crippen LogP contribution in [0.4, 0.5) is 0 Å². The molecule has 3 aliphatic heterocycles. The molecule has 2 bridgehead atoms. The maximum absolute atomic E-state index is 13.7. The lowest BCUT2D eigenvalue weighted by Gasteiger charge is -2.35. The normalized spacial score (nSPS) is 27.5. The summed E-state index contributed by atoms with van der Waals surface area (Å²) in [5, 5.41) is 0. The fraction of sp³-hybridized carbons (Fsp3) is 0.619. The first-order valence-electron chi connectivity index (χ1n) is 9.76. The number of benzene rings is 1. The quantitative estimate of drug-likeness (QED) is 0.836. The highest BCUT2D eigenvalue weighted by Gasteiger charge is 2.48. The zero-order chi connectivity index (χ0) is 18.3. The molecule has 1 aromatic rings. The number of nitrogens with zero attached hydrogens (tertiary/aromatic N) is 2. The molecule has 1 aromatic carbocycles. The van der Waals surface area contributed by atoms with Crippen LogP contribution < -0.4 is 4.74 Å². The van der Waals surface area contributed by atoms with E-state index in [-0.39, 0.29) is 23.8 Å². The molecule has 0 unspecified atom stereocenters. The van der Waals surface area contributed by atoms with Crippen molar-refractivity contribution >= 4 is 11.8 Å². The Morgan fingerprint density at radius 2 is 1.81 bits per heavy atom. The van der Waals surface area contributed by atoms with Crippen LogP contribution in [-0.2, 0) is 15.0 Å². The Labute approximate surface area is 155 Å². The molecule has 0 aromatic heterocycles. The van der Waals surface area contributed by atoms with Gasteiger partial charge in [0.1, 0.15) is 5.75 Å². The Balaban J connectivity index is 1.64. The third-order valence-corrected chi connectivity index (χ3v) is 6.76. The third kappa shape index (κ3) is 2.68. The summed E-state index contributed by atoms with van der Waals surface area (Å²) in [4.78, 5) is 30.1. The van der Waals surface area contributed by atoms with Crippen molar-refractivity contribution in [2.24, 2.45) is 5.92 Å². The predicted molar refractivity (Wildman–Crippen MR) is 99.0 cm³/mol. The molecule has 140 valence electrons.